The van der Waals surface area contributed by atoms with E-state index in [-0.39, 0.29) is 73.9 Å². The highest BCUT2D eigenvalue weighted by Crippen LogP contribution is 2.45. The highest BCUT2D eigenvalue weighted by atomic mass is 32.2. The number of aromatic nitrogens is 2. The lowest BCUT2D eigenvalue weighted by Gasteiger charge is -2.21. The lowest BCUT2D eigenvalue weighted by atomic mass is 10.0. The second-order valence-corrected chi connectivity index (χ2v) is 20.1. The molecule has 0 spiro atoms. The number of ether oxygens (including phenoxy) is 5. The number of hydrazone groups is 1. The number of unbranched alkanes of at least 4 members (excludes halogenated alkanes) is 1. The zero-order valence-corrected chi connectivity index (χ0v) is 41.7. The highest BCUT2D eigenvalue weighted by molar-refractivity contribution is 8.00. The van der Waals surface area contributed by atoms with Crippen molar-refractivity contribution < 1.29 is 85.7 Å². The number of nitrogen functional groups attached to an aromatic ring is 1. The van der Waals surface area contributed by atoms with Gasteiger partial charge in [-0.05, 0) is 43.4 Å². The number of carbonyl (C=O) groups excluding carboxylic acids is 4. The standard InChI is InChI=1S/C41H63N9O19P2S/c42-37-28(23-50(41(56)48-37)39-35(53)36(69-71(60,61)62)30(68-39)24-67-70(57,58)59)4-3-12-44-38(54)27-9-7-26(8-10-27)22-45-49-33(52)11-14-63-16-18-65-20-21-66-19-17-64-15-13-43-32(51)6-2-1-5-31-34-29(25-72-31)46-40(55)47-34/h7-10,22-23,29-31,34-36,39,53H,1-6,11-21,24-25H2,(H,43,51)(H,44,54)(H,49,52)(H2,42,48,56)(H2,46,47,55)(H2,57,58,59)(H2,60,61,62)/b45-22+/t29-,30+,31-,34-,35-,36-,39+/m0/s1. The number of nitrogens with one attached hydrogen (secondary N) is 5. The molecule has 3 aliphatic rings. The van der Waals surface area contributed by atoms with E-state index in [1.807, 2.05) is 11.8 Å². The Bertz CT molecular complexity index is 2270. The first kappa shape index (κ1) is 58.5. The number of aliphatic hydroxyl groups is 1. The fourth-order valence-corrected chi connectivity index (χ4v) is 9.99. The molecule has 0 aliphatic carbocycles. The molecule has 5 amide bonds. The summed E-state index contributed by atoms with van der Waals surface area (Å²) in [7, 11) is -10.3. The number of phosphoric acid groups is 2. The van der Waals surface area contributed by atoms with Gasteiger partial charge in [-0.2, -0.15) is 21.8 Å². The van der Waals surface area contributed by atoms with Gasteiger partial charge in [0.05, 0.1) is 84.2 Å². The van der Waals surface area contributed by atoms with E-state index in [4.69, 9.17) is 39.2 Å². The van der Waals surface area contributed by atoms with E-state index >= 15 is 0 Å². The van der Waals surface area contributed by atoms with Crippen LogP contribution < -0.4 is 38.1 Å². The molecule has 3 saturated heterocycles. The third-order valence-corrected chi connectivity index (χ3v) is 13.5. The van der Waals surface area contributed by atoms with Crippen LogP contribution in [0.25, 0.3) is 0 Å². The summed E-state index contributed by atoms with van der Waals surface area (Å²) in [5.41, 5.74) is 8.53. The lowest BCUT2D eigenvalue weighted by Crippen LogP contribution is -2.38. The number of carbonyl (C=O) groups is 4. The number of nitrogens with zero attached hydrogens (tertiary/aromatic N) is 3. The van der Waals surface area contributed by atoms with E-state index in [2.05, 4.69) is 45.8 Å². The molecule has 72 heavy (non-hydrogen) atoms. The molecule has 0 saturated carbocycles. The van der Waals surface area contributed by atoms with Crippen LogP contribution in [-0.4, -0.2) is 178 Å². The van der Waals surface area contributed by atoms with Crippen LogP contribution in [0.5, 0.6) is 0 Å². The number of fused-ring (bicyclic) bond motifs is 1. The second kappa shape index (κ2) is 29.5. The molecule has 2 aromatic rings. The maximum absolute atomic E-state index is 12.8. The summed E-state index contributed by atoms with van der Waals surface area (Å²) < 4.78 is 59.8. The molecule has 7 atom stereocenters. The molecule has 402 valence electrons. The molecule has 3 aliphatic heterocycles. The average Bonchev–Trinajstić information content (AvgIpc) is 3.98. The normalized spacial score (nSPS) is 21.9. The molecular weight excluding hydrogens is 1020 g/mol. The minimum absolute atomic E-state index is 0.00399. The molecule has 1 aromatic carbocycles. The number of phosphoric ester groups is 2. The number of urea groups is 1. The Labute approximate surface area is 417 Å². The number of aliphatic hydroxyl groups excluding tert-OH is 1. The van der Waals surface area contributed by atoms with Gasteiger partial charge in [0.2, 0.25) is 11.8 Å². The molecule has 5 rings (SSSR count). The van der Waals surface area contributed by atoms with Crippen LogP contribution >= 0.6 is 27.4 Å². The van der Waals surface area contributed by atoms with E-state index in [1.54, 1.807) is 24.3 Å². The molecule has 12 N–H and O–H groups in total. The van der Waals surface area contributed by atoms with Crippen molar-refractivity contribution in [2.75, 3.05) is 84.0 Å². The van der Waals surface area contributed by atoms with E-state index < -0.39 is 58.4 Å². The summed E-state index contributed by atoms with van der Waals surface area (Å²) in [6.45, 7) is 2.24. The Hall–Kier alpha value is -4.42. The number of hydrogen-bond donors (Lipinski definition) is 11. The first-order chi connectivity index (χ1) is 34.4. The van der Waals surface area contributed by atoms with Crippen molar-refractivity contribution in [1.82, 2.24) is 36.2 Å². The topological polar surface area (TPSA) is 402 Å². The average molecular weight is 1080 g/mol. The summed E-state index contributed by atoms with van der Waals surface area (Å²) in [5, 5.41) is 26.6. The van der Waals surface area contributed by atoms with Crippen LogP contribution in [0.1, 0.15) is 66.2 Å². The number of aryl methyl sites for hydroxylation is 1. The van der Waals surface area contributed by atoms with Crippen LogP contribution in [-0.2, 0) is 57.9 Å². The monoisotopic (exact) mass is 1080 g/mol. The van der Waals surface area contributed by atoms with Crippen LogP contribution in [0.4, 0.5) is 10.6 Å². The largest absolute Gasteiger partial charge is 0.470 e. The van der Waals surface area contributed by atoms with E-state index in [0.29, 0.717) is 75.4 Å². The smallest absolute Gasteiger partial charge is 0.386 e. The second-order valence-electron chi connectivity index (χ2n) is 16.4. The number of amides is 5. The highest BCUT2D eigenvalue weighted by Gasteiger charge is 2.49. The van der Waals surface area contributed by atoms with Crippen molar-refractivity contribution in [1.29, 1.82) is 0 Å². The first-order valence-corrected chi connectivity index (χ1v) is 27.1. The quantitative estimate of drug-likeness (QED) is 0.0131. The number of hydrogen-bond acceptors (Lipinski definition) is 19. The van der Waals surface area contributed by atoms with Crippen LogP contribution in [0.3, 0.4) is 0 Å². The molecule has 28 nitrogen and oxygen atoms in total. The lowest BCUT2D eigenvalue weighted by molar-refractivity contribution is -0.122. The first-order valence-electron chi connectivity index (χ1n) is 23.0. The van der Waals surface area contributed by atoms with Gasteiger partial charge in [0.25, 0.3) is 5.91 Å². The van der Waals surface area contributed by atoms with Gasteiger partial charge < -0.3 is 75.4 Å². The molecule has 4 heterocycles. The van der Waals surface area contributed by atoms with Gasteiger partial charge in [-0.25, -0.2) is 24.1 Å². The summed E-state index contributed by atoms with van der Waals surface area (Å²) >= 11 is 1.87. The summed E-state index contributed by atoms with van der Waals surface area (Å²) in [6, 6.07) is 6.66. The summed E-state index contributed by atoms with van der Waals surface area (Å²) in [5.74, 6) is -0.0229. The number of benzene rings is 1. The third kappa shape index (κ3) is 20.5. The minimum atomic E-state index is -5.26. The van der Waals surface area contributed by atoms with Gasteiger partial charge in [-0.15, -0.1) is 0 Å². The Morgan fingerprint density at radius 3 is 2.24 bits per heavy atom. The Morgan fingerprint density at radius 2 is 1.56 bits per heavy atom. The Morgan fingerprint density at radius 1 is 0.875 bits per heavy atom. The van der Waals surface area contributed by atoms with Gasteiger partial charge >= 0.3 is 27.4 Å². The molecule has 0 bridgehead atoms. The van der Waals surface area contributed by atoms with Crippen molar-refractivity contribution in [3.05, 3.63) is 57.6 Å². The summed E-state index contributed by atoms with van der Waals surface area (Å²) in [6.07, 6.45) is -0.838. The molecule has 0 radical (unpaired) electrons. The molecule has 3 fully saturated rings. The van der Waals surface area contributed by atoms with Crippen molar-refractivity contribution in [2.24, 2.45) is 5.10 Å². The molecule has 1 aromatic heterocycles. The van der Waals surface area contributed by atoms with Crippen molar-refractivity contribution in [3.63, 3.8) is 0 Å². The summed E-state index contributed by atoms with van der Waals surface area (Å²) in [4.78, 5) is 102. The fourth-order valence-electron chi connectivity index (χ4n) is 7.53. The fraction of sp³-hybridized carbons (Fsp3) is 0.634. The van der Waals surface area contributed by atoms with Crippen molar-refractivity contribution in [2.45, 2.75) is 86.8 Å². The predicted molar refractivity (Wildman–Crippen MR) is 255 cm³/mol. The maximum Gasteiger partial charge on any atom is 0.470 e. The van der Waals surface area contributed by atoms with E-state index in [1.165, 1.54) is 12.4 Å². The molecular formula is C41H63N9O19P2S. The van der Waals surface area contributed by atoms with Gasteiger partial charge in [0.1, 0.15) is 24.1 Å². The number of rotatable bonds is 33. The van der Waals surface area contributed by atoms with E-state index in [0.717, 1.165) is 29.6 Å². The Kier molecular flexibility index (Phi) is 23.9. The van der Waals surface area contributed by atoms with Crippen molar-refractivity contribution in [3.8, 4) is 0 Å². The predicted octanol–water partition coefficient (Wildman–Crippen LogP) is -1.22. The third-order valence-electron chi connectivity index (χ3n) is 11.0. The number of anilines is 1. The zero-order chi connectivity index (χ0) is 52.1. The van der Waals surface area contributed by atoms with Crippen molar-refractivity contribution >= 4 is 63.2 Å². The van der Waals surface area contributed by atoms with Gasteiger partial charge in [-0.1, -0.05) is 18.6 Å². The van der Waals surface area contributed by atoms with Crippen LogP contribution in [0, 0.1) is 0 Å². The number of thioether (sulfide) groups is 1. The maximum atomic E-state index is 12.8. The van der Waals surface area contributed by atoms with Crippen LogP contribution in [0.15, 0.2) is 40.4 Å². The zero-order valence-electron chi connectivity index (χ0n) is 39.1. The number of nitrogens with two attached hydrogens (primary N) is 1. The molecule has 0 unspecified atom stereocenters. The van der Waals surface area contributed by atoms with Crippen LogP contribution in [0.2, 0.25) is 0 Å². The van der Waals surface area contributed by atoms with Gasteiger partial charge in [-0.3, -0.25) is 28.0 Å². The minimum Gasteiger partial charge on any atom is -0.386 e. The Balaban J connectivity index is 0.846. The van der Waals surface area contributed by atoms with Gasteiger partial charge in [0.15, 0.2) is 6.23 Å². The molecule has 31 heteroatoms. The van der Waals surface area contributed by atoms with E-state index in [9.17, 15) is 48.0 Å². The SMILES string of the molecule is Nc1nc(=O)n([C@@H]2O[C@H](COP(=O)(O)O)[C@H](OP(=O)(O)O)[C@@H]2O)cc1CCCNC(=O)c1ccc(/C=N/NC(=O)CCOCCOCCOCCOCCNC(=O)CCCC[C@@H]2SC[C@@H]3NC(=O)N[C@@H]32)cc1. The van der Waals surface area contributed by atoms with Gasteiger partial charge in [0, 0.05) is 47.8 Å².